The van der Waals surface area contributed by atoms with Crippen LogP contribution in [0.2, 0.25) is 0 Å². The van der Waals surface area contributed by atoms with Gasteiger partial charge in [-0.3, -0.25) is 67.8 Å². The molecule has 11 rings (SSSR count). The number of ether oxygens (including phenoxy) is 8. The molecule has 1 unspecified atom stereocenters. The number of nitrogens with two attached hydrogens (primary N) is 1. The lowest BCUT2D eigenvalue weighted by Gasteiger charge is -2.46. The van der Waals surface area contributed by atoms with Crippen LogP contribution in [-0.2, 0) is 94.3 Å². The van der Waals surface area contributed by atoms with Gasteiger partial charge in [0.15, 0.2) is 5.82 Å². The molecule has 7 aliphatic rings. The molecule has 37 nitrogen and oxygen atoms in total. The van der Waals surface area contributed by atoms with Crippen molar-refractivity contribution in [1.82, 2.24) is 50.8 Å². The number of nitrogens with zero attached hydrogens (tertiary/aromatic N) is 9. The van der Waals surface area contributed by atoms with Crippen LogP contribution >= 0.6 is 0 Å². The summed E-state index contributed by atoms with van der Waals surface area (Å²) in [6.45, 7) is 12.9. The van der Waals surface area contributed by atoms with Crippen molar-refractivity contribution in [2.45, 2.75) is 179 Å². The molecule has 4 atom stereocenters. The molecule has 6 aliphatic heterocycles. The van der Waals surface area contributed by atoms with Crippen LogP contribution in [0.4, 0.5) is 39.3 Å². The van der Waals surface area contributed by atoms with Crippen LogP contribution in [0.15, 0.2) is 79.0 Å². The van der Waals surface area contributed by atoms with E-state index in [4.69, 9.17) is 48.6 Å². The number of nitrogens with one attached hydrogen (secondary N) is 6. The van der Waals surface area contributed by atoms with Crippen LogP contribution in [0.3, 0.4) is 0 Å². The molecule has 1 aromatic heterocycles. The number of carbonyl (C=O) groups is 13. The van der Waals surface area contributed by atoms with Crippen molar-refractivity contribution in [1.29, 1.82) is 0 Å². The maximum absolute atomic E-state index is 14.4. The zero-order valence-corrected chi connectivity index (χ0v) is 72.9. The number of ketones is 1. The van der Waals surface area contributed by atoms with Crippen molar-refractivity contribution in [2.75, 3.05) is 171 Å². The Morgan fingerprint density at radius 2 is 1.40 bits per heavy atom. The zero-order chi connectivity index (χ0) is 89.6. The van der Waals surface area contributed by atoms with E-state index in [0.29, 0.717) is 150 Å². The van der Waals surface area contributed by atoms with Gasteiger partial charge in [-0.05, 0) is 112 Å². The van der Waals surface area contributed by atoms with E-state index in [1.807, 2.05) is 26.8 Å². The molecule has 1 saturated carbocycles. The Morgan fingerprint density at radius 3 is 2.07 bits per heavy atom. The number of likely N-dealkylation sites (N-methyl/N-ethyl adjacent to an activating group) is 1. The number of likely N-dealkylation sites (tertiary alicyclic amines) is 1. The molecule has 684 valence electrons. The van der Waals surface area contributed by atoms with Gasteiger partial charge >= 0.3 is 6.09 Å². The number of fused-ring (bicyclic) bond motifs is 2. The van der Waals surface area contributed by atoms with Crippen LogP contribution < -0.4 is 57.1 Å². The second kappa shape index (κ2) is 48.0. The topological polar surface area (TPSA) is 442 Å². The highest BCUT2D eigenvalue weighted by Gasteiger charge is 2.45. The highest BCUT2D eigenvalue weighted by atomic mass is 16.6. The van der Waals surface area contributed by atoms with Crippen molar-refractivity contribution >= 4 is 111 Å². The van der Waals surface area contributed by atoms with Crippen molar-refractivity contribution in [2.24, 2.45) is 17.6 Å². The van der Waals surface area contributed by atoms with E-state index in [0.717, 1.165) is 73.6 Å². The van der Waals surface area contributed by atoms with E-state index in [-0.39, 0.29) is 163 Å². The number of Topliss-reactive ketones (excluding diaryl/α,β-unsaturated/α-hetero) is 1. The fourth-order valence-corrected chi connectivity index (χ4v) is 16.5. The molecule has 7 heterocycles. The molecule has 126 heavy (non-hydrogen) atoms. The number of anilines is 6. The van der Waals surface area contributed by atoms with Gasteiger partial charge in [-0.15, -0.1) is 0 Å². The quantitative estimate of drug-likeness (QED) is 0.0220. The van der Waals surface area contributed by atoms with E-state index in [1.54, 1.807) is 84.8 Å². The van der Waals surface area contributed by atoms with E-state index in [2.05, 4.69) is 51.6 Å². The minimum absolute atomic E-state index is 0.00205. The van der Waals surface area contributed by atoms with Crippen molar-refractivity contribution in [3.63, 3.8) is 0 Å². The molecule has 8 N–H and O–H groups in total. The molecule has 3 saturated heterocycles. The Kier molecular flexibility index (Phi) is 36.4. The average Bonchev–Trinajstić information content (AvgIpc) is 1.55. The predicted molar refractivity (Wildman–Crippen MR) is 463 cm³/mol. The highest BCUT2D eigenvalue weighted by molar-refractivity contribution is 6.13. The largest absolute Gasteiger partial charge is 0.495 e. The molecule has 4 aromatic rings. The molecule has 12 amide bonds. The van der Waals surface area contributed by atoms with Crippen molar-refractivity contribution < 1.29 is 100 Å². The first-order valence-corrected chi connectivity index (χ1v) is 44.1. The van der Waals surface area contributed by atoms with Gasteiger partial charge in [-0.25, -0.2) is 9.78 Å². The second-order valence-electron chi connectivity index (χ2n) is 32.8. The van der Waals surface area contributed by atoms with Gasteiger partial charge in [0.05, 0.1) is 97.7 Å². The lowest BCUT2D eigenvalue weighted by molar-refractivity contribution is -0.138. The molecule has 37 heteroatoms. The fourth-order valence-electron chi connectivity index (χ4n) is 16.5. The average molecular weight is 1750 g/mol. The predicted octanol–water partition coefficient (Wildman–Crippen LogP) is 5.23. The van der Waals surface area contributed by atoms with Gasteiger partial charge in [-0.2, -0.15) is 4.98 Å². The minimum atomic E-state index is -1.04. The molecule has 4 fully saturated rings. The molecule has 0 bridgehead atoms. The van der Waals surface area contributed by atoms with Crippen LogP contribution in [0.25, 0.3) is 0 Å². The third-order valence-corrected chi connectivity index (χ3v) is 23.7. The summed E-state index contributed by atoms with van der Waals surface area (Å²) in [6, 6.07) is 15.1. The highest BCUT2D eigenvalue weighted by Crippen LogP contribution is 2.42. The van der Waals surface area contributed by atoms with Gasteiger partial charge in [-0.1, -0.05) is 58.2 Å². The number of primary amides is 1. The molecular formula is C89H122N16O21. The molecule has 0 radical (unpaired) electrons. The Morgan fingerprint density at radius 1 is 0.722 bits per heavy atom. The van der Waals surface area contributed by atoms with Crippen LogP contribution in [0.1, 0.15) is 162 Å². The molecule has 3 aromatic carbocycles. The van der Waals surface area contributed by atoms with Gasteiger partial charge in [0.1, 0.15) is 42.0 Å². The Balaban J connectivity index is 0.600. The summed E-state index contributed by atoms with van der Waals surface area (Å²) in [5.74, 6) is -3.74. The number of amides is 12. The molecule has 0 spiro atoms. The number of carbonyl (C=O) groups excluding carboxylic acids is 13. The fraction of sp³-hybridized carbons (Fsp3) is 0.584. The SMILES string of the molecule is CC[C@@H]1C(=O)N(C)c2cnc(Nc3ccc(C(=O)NC4CCN(CCOCCCN(C(=O)OCc5ccc(NC(=O)[C@H](CCCCC(N)=O)NC(=O)[C@@H](CC(=O)CCOCCOCCOCCOCCOCCNC(=O)CCN6C(=O)C=CC6=O)C(C)C)cc5)C5CN(c6cccc7c6CN(C6CCC(=O)NC6=O)C7=O)C5)CC4)cc3OC)nc2N1C1CCCC1. The number of benzene rings is 3. The lowest BCUT2D eigenvalue weighted by Crippen LogP contribution is -2.61. The minimum Gasteiger partial charge on any atom is -0.495 e. The van der Waals surface area contributed by atoms with Gasteiger partial charge in [0.25, 0.3) is 23.6 Å². The van der Waals surface area contributed by atoms with Gasteiger partial charge < -0.3 is 99.6 Å². The summed E-state index contributed by atoms with van der Waals surface area (Å²) < 4.78 is 45.7. The van der Waals surface area contributed by atoms with Gasteiger partial charge in [0, 0.05) is 163 Å². The zero-order valence-electron chi connectivity index (χ0n) is 72.9. The van der Waals surface area contributed by atoms with E-state index >= 15 is 0 Å². The first-order valence-electron chi connectivity index (χ1n) is 44.1. The summed E-state index contributed by atoms with van der Waals surface area (Å²) in [6.07, 6.45) is 11.6. The number of aromatic nitrogens is 2. The standard InChI is InChI=1S/C89H122N16O21/c1-6-71-87(117)99(4)74-53-92-88(98-81(74)105(71)63-13-7-8-14-63)96-69-24-21-60(51-75(69)119-5)82(112)93-62-29-35-100(36-30-62)38-42-120-39-12-34-102(64-54-101(55-64)72-17-11-15-66-68(72)56-104(86(66)116)73-25-26-78(109)97-85(73)115)89(118)126-57-59-19-22-61(23-20-59)94-84(114)70(16-9-10-18-76(90)107)95-83(113)67(58(2)3)52-65(106)32-40-121-43-45-123-47-49-125-50-48-124-46-44-122-41-33-91-77(108)31-37-103-79(110)27-28-80(103)111/h11,15,17,19-24,27-28,51,53,58,62-64,67,70-71,73H,6-10,12-14,16,18,25-26,29-50,52,54-57H2,1-5H3,(H2,90,107)(H,91,108)(H,93,112)(H,94,114)(H,95,113)(H,92,96,98)(H,97,109,115)/t67-,70-,71+,73?/m0/s1. The lowest BCUT2D eigenvalue weighted by atomic mass is 9.88. The van der Waals surface area contributed by atoms with E-state index in [9.17, 15) is 62.3 Å². The summed E-state index contributed by atoms with van der Waals surface area (Å²) in [5.41, 5.74) is 10.2. The second-order valence-corrected chi connectivity index (χ2v) is 32.8. The summed E-state index contributed by atoms with van der Waals surface area (Å²) in [5, 5.41) is 17.3. The number of rotatable bonds is 52. The number of hydrogen-bond donors (Lipinski definition) is 7. The number of piperidine rings is 2. The molecule has 1 aliphatic carbocycles. The third-order valence-electron chi connectivity index (χ3n) is 23.7. The van der Waals surface area contributed by atoms with E-state index < -0.39 is 59.5 Å². The number of imide groups is 2. The Labute approximate surface area is 734 Å². The Bertz CT molecular complexity index is 4460. The number of hydrogen-bond acceptors (Lipinski definition) is 27. The van der Waals surface area contributed by atoms with Crippen LogP contribution in [-0.4, -0.2) is 288 Å². The first kappa shape index (κ1) is 95.6. The third kappa shape index (κ3) is 27.0. The van der Waals surface area contributed by atoms with E-state index in [1.165, 1.54) is 17.1 Å². The maximum Gasteiger partial charge on any atom is 0.410 e. The summed E-state index contributed by atoms with van der Waals surface area (Å²) >= 11 is 0. The number of unbranched alkanes of at least 4 members (excludes halogenated alkanes) is 1. The van der Waals surface area contributed by atoms with Crippen molar-refractivity contribution in [3.05, 3.63) is 101 Å². The Hall–Kier alpha value is -11.1. The summed E-state index contributed by atoms with van der Waals surface area (Å²) in [4.78, 5) is 191. The van der Waals surface area contributed by atoms with Crippen LogP contribution in [0.5, 0.6) is 5.75 Å². The number of methoxy groups -OCH3 is 1. The first-order chi connectivity index (χ1) is 60.9. The molecular weight excluding hydrogens is 1630 g/mol. The van der Waals surface area contributed by atoms with Crippen molar-refractivity contribution in [3.8, 4) is 5.75 Å². The maximum atomic E-state index is 14.4. The normalized spacial score (nSPS) is 17.9. The van der Waals surface area contributed by atoms with Crippen LogP contribution in [0, 0.1) is 11.8 Å². The monoisotopic (exact) mass is 1750 g/mol. The smallest absolute Gasteiger partial charge is 0.410 e. The summed E-state index contributed by atoms with van der Waals surface area (Å²) in [7, 11) is 3.31. The van der Waals surface area contributed by atoms with Gasteiger partial charge in [0.2, 0.25) is 47.3 Å².